The van der Waals surface area contributed by atoms with Crippen molar-refractivity contribution in [3.05, 3.63) is 65.7 Å². The minimum atomic E-state index is 0.813. The van der Waals surface area contributed by atoms with Crippen LogP contribution in [0.5, 0.6) is 0 Å². The Labute approximate surface area is 91.6 Å². The minimum absolute atomic E-state index is 0.813. The molecule has 2 N–H and O–H groups in total. The molecule has 0 heterocycles. The molecule has 0 spiro atoms. The Hall–Kier alpha value is -1.76. The van der Waals surface area contributed by atoms with Crippen LogP contribution in [0.3, 0.4) is 0 Å². The Bertz CT molecular complexity index is 372. The van der Waals surface area contributed by atoms with Gasteiger partial charge in [0.15, 0.2) is 0 Å². The molecule has 0 fully saturated rings. The van der Waals surface area contributed by atoms with Gasteiger partial charge in [-0.05, 0) is 37.6 Å². The van der Waals surface area contributed by atoms with E-state index in [-0.39, 0.29) is 0 Å². The van der Waals surface area contributed by atoms with Crippen molar-refractivity contribution >= 4 is 5.69 Å². The molecule has 0 bridgehead atoms. The smallest absolute Gasteiger partial charge is 0.0349 e. The third-order valence-corrected chi connectivity index (χ3v) is 2.01. The fourth-order valence-corrected chi connectivity index (χ4v) is 0.991. The van der Waals surface area contributed by atoms with E-state index < -0.39 is 0 Å². The van der Waals surface area contributed by atoms with Crippen molar-refractivity contribution in [1.29, 1.82) is 0 Å². The van der Waals surface area contributed by atoms with E-state index in [0.29, 0.717) is 0 Å². The van der Waals surface area contributed by atoms with E-state index in [0.717, 1.165) is 11.3 Å². The molecule has 0 saturated carbocycles. The standard InChI is InChI=1S/C7H8N.C7H7/c1-6-4-2-3-5-7(6)8;1-7-5-3-2-4-6-7/h2,4-5H,8H2,1H3;3-6H,1H3. The van der Waals surface area contributed by atoms with Crippen molar-refractivity contribution in [1.82, 2.24) is 0 Å². The van der Waals surface area contributed by atoms with Gasteiger partial charge in [0.05, 0.1) is 0 Å². The van der Waals surface area contributed by atoms with Crippen molar-refractivity contribution in [3.63, 3.8) is 0 Å². The van der Waals surface area contributed by atoms with Gasteiger partial charge in [-0.25, -0.2) is 0 Å². The van der Waals surface area contributed by atoms with Gasteiger partial charge in [0.25, 0.3) is 0 Å². The van der Waals surface area contributed by atoms with E-state index in [1.807, 2.05) is 43.3 Å². The monoisotopic (exact) mass is 197 g/mol. The van der Waals surface area contributed by atoms with Crippen LogP contribution in [0.4, 0.5) is 5.69 Å². The van der Waals surface area contributed by atoms with Crippen LogP contribution < -0.4 is 5.73 Å². The molecule has 2 aromatic rings. The van der Waals surface area contributed by atoms with E-state index in [9.17, 15) is 0 Å². The van der Waals surface area contributed by atoms with E-state index in [4.69, 9.17) is 5.73 Å². The maximum absolute atomic E-state index is 5.49. The quantitative estimate of drug-likeness (QED) is 0.645. The molecule has 0 amide bonds. The summed E-state index contributed by atoms with van der Waals surface area (Å²) in [5, 5.41) is 0. The van der Waals surface area contributed by atoms with Crippen LogP contribution in [0.1, 0.15) is 11.1 Å². The number of nitrogen functional groups attached to an aromatic ring is 1. The first kappa shape index (κ1) is 11.3. The Balaban J connectivity index is 0.000000151. The van der Waals surface area contributed by atoms with Crippen LogP contribution in [0, 0.1) is 26.0 Å². The lowest BCUT2D eigenvalue weighted by atomic mass is 10.2. The lowest BCUT2D eigenvalue weighted by molar-refractivity contribution is 1.47. The normalized spacial score (nSPS) is 8.93. The summed E-state index contributed by atoms with van der Waals surface area (Å²) in [7, 11) is 0. The zero-order chi connectivity index (χ0) is 11.1. The van der Waals surface area contributed by atoms with Gasteiger partial charge in [0, 0.05) is 5.69 Å². The Morgan fingerprint density at radius 3 is 1.87 bits per heavy atom. The van der Waals surface area contributed by atoms with E-state index in [1.54, 1.807) is 6.07 Å². The predicted octanol–water partition coefficient (Wildman–Crippen LogP) is 3.17. The number of nitrogens with two attached hydrogens (primary N) is 1. The summed E-state index contributed by atoms with van der Waals surface area (Å²) in [4.78, 5) is 0. The molecule has 1 heteroatoms. The average Bonchev–Trinajstić information content (AvgIpc) is 2.25. The molecular weight excluding hydrogens is 182 g/mol. The van der Waals surface area contributed by atoms with Crippen molar-refractivity contribution in [2.75, 3.05) is 5.73 Å². The molecule has 0 aromatic heterocycles. The molecule has 2 radical (unpaired) electrons. The summed E-state index contributed by atoms with van der Waals surface area (Å²) in [5.74, 6) is 0. The number of rotatable bonds is 0. The highest BCUT2D eigenvalue weighted by molar-refractivity contribution is 5.44. The van der Waals surface area contributed by atoms with E-state index in [2.05, 4.69) is 19.1 Å². The second kappa shape index (κ2) is 5.86. The van der Waals surface area contributed by atoms with Crippen molar-refractivity contribution in [2.24, 2.45) is 0 Å². The van der Waals surface area contributed by atoms with Gasteiger partial charge in [-0.2, -0.15) is 0 Å². The van der Waals surface area contributed by atoms with Crippen molar-refractivity contribution in [2.45, 2.75) is 13.8 Å². The largest absolute Gasteiger partial charge is 0.398 e. The van der Waals surface area contributed by atoms with Gasteiger partial charge in [0.2, 0.25) is 0 Å². The predicted molar refractivity (Wildman–Crippen MR) is 64.4 cm³/mol. The molecule has 2 aromatic carbocycles. The molecule has 0 aliphatic heterocycles. The Morgan fingerprint density at radius 2 is 1.53 bits per heavy atom. The number of benzene rings is 2. The number of aryl methyl sites for hydroxylation is 2. The molecule has 0 atom stereocenters. The molecule has 15 heavy (non-hydrogen) atoms. The molecule has 0 aliphatic carbocycles. The molecular formula is C14H15N. The van der Waals surface area contributed by atoms with E-state index >= 15 is 0 Å². The lowest BCUT2D eigenvalue weighted by Crippen LogP contribution is -1.86. The second-order valence-electron chi connectivity index (χ2n) is 3.36. The third kappa shape index (κ3) is 4.32. The van der Waals surface area contributed by atoms with Crippen molar-refractivity contribution in [3.8, 4) is 0 Å². The topological polar surface area (TPSA) is 26.0 Å². The summed E-state index contributed by atoms with van der Waals surface area (Å²) >= 11 is 0. The van der Waals surface area contributed by atoms with Gasteiger partial charge < -0.3 is 5.73 Å². The van der Waals surface area contributed by atoms with Gasteiger partial charge >= 0.3 is 0 Å². The average molecular weight is 197 g/mol. The minimum Gasteiger partial charge on any atom is -0.398 e. The van der Waals surface area contributed by atoms with Gasteiger partial charge in [0.1, 0.15) is 0 Å². The molecule has 1 nitrogen and oxygen atoms in total. The fourth-order valence-electron chi connectivity index (χ4n) is 0.991. The highest BCUT2D eigenvalue weighted by Crippen LogP contribution is 2.05. The van der Waals surface area contributed by atoms with Crippen LogP contribution in [-0.2, 0) is 0 Å². The summed E-state index contributed by atoms with van der Waals surface area (Å²) < 4.78 is 0. The van der Waals surface area contributed by atoms with Gasteiger partial charge in [-0.15, -0.1) is 0 Å². The highest BCUT2D eigenvalue weighted by Gasteiger charge is 1.85. The van der Waals surface area contributed by atoms with Crippen LogP contribution in [0.15, 0.2) is 42.5 Å². The Morgan fingerprint density at radius 1 is 0.933 bits per heavy atom. The van der Waals surface area contributed by atoms with Gasteiger partial charge in [-0.1, -0.05) is 42.0 Å². The summed E-state index contributed by atoms with van der Waals surface area (Å²) in [5.41, 5.74) is 8.71. The number of hydrogen-bond acceptors (Lipinski definition) is 1. The third-order valence-electron chi connectivity index (χ3n) is 2.01. The van der Waals surface area contributed by atoms with Crippen LogP contribution in [0.25, 0.3) is 0 Å². The van der Waals surface area contributed by atoms with E-state index in [1.165, 1.54) is 5.56 Å². The zero-order valence-corrected chi connectivity index (χ0v) is 9.12. The van der Waals surface area contributed by atoms with Gasteiger partial charge in [-0.3, -0.25) is 0 Å². The molecule has 0 saturated heterocycles. The highest BCUT2D eigenvalue weighted by atomic mass is 14.5. The number of anilines is 1. The molecule has 76 valence electrons. The maximum atomic E-state index is 5.49. The first-order chi connectivity index (χ1) is 7.20. The SMILES string of the molecule is Cc1cc[c]cc1.Cc1cc[c]cc1N. The summed E-state index contributed by atoms with van der Waals surface area (Å²) in [6.07, 6.45) is 0. The first-order valence-electron chi connectivity index (χ1n) is 4.85. The fraction of sp³-hybridized carbons (Fsp3) is 0.143. The van der Waals surface area contributed by atoms with Crippen LogP contribution in [-0.4, -0.2) is 0 Å². The Kier molecular flexibility index (Phi) is 4.42. The van der Waals surface area contributed by atoms with Crippen molar-refractivity contribution < 1.29 is 0 Å². The zero-order valence-electron chi connectivity index (χ0n) is 9.12. The summed E-state index contributed by atoms with van der Waals surface area (Å²) in [6.45, 7) is 4.04. The molecule has 0 aliphatic rings. The van der Waals surface area contributed by atoms with Crippen LogP contribution >= 0.6 is 0 Å². The maximum Gasteiger partial charge on any atom is 0.0349 e. The first-order valence-corrected chi connectivity index (χ1v) is 4.85. The second-order valence-corrected chi connectivity index (χ2v) is 3.36. The summed E-state index contributed by atoms with van der Waals surface area (Å²) in [6, 6.07) is 19.3. The number of hydrogen-bond donors (Lipinski definition) is 1. The lowest BCUT2D eigenvalue weighted by Gasteiger charge is -1.93. The molecule has 0 unspecified atom stereocenters. The van der Waals surface area contributed by atoms with Crippen LogP contribution in [0.2, 0.25) is 0 Å². The molecule has 2 rings (SSSR count).